The van der Waals surface area contributed by atoms with Gasteiger partial charge in [0.2, 0.25) is 0 Å². The van der Waals surface area contributed by atoms with Crippen LogP contribution in [-0.2, 0) is 6.42 Å². The van der Waals surface area contributed by atoms with Gasteiger partial charge in [0, 0.05) is 18.7 Å². The van der Waals surface area contributed by atoms with E-state index in [0.717, 1.165) is 24.2 Å². The lowest BCUT2D eigenvalue weighted by molar-refractivity contribution is 0.608. The third kappa shape index (κ3) is 2.85. The monoisotopic (exact) mass is 241 g/mol. The number of nitrogens with zero attached hydrogens (tertiary/aromatic N) is 3. The van der Waals surface area contributed by atoms with E-state index in [0.29, 0.717) is 11.2 Å². The lowest BCUT2D eigenvalue weighted by Crippen LogP contribution is -2.30. The van der Waals surface area contributed by atoms with Crippen LogP contribution in [0, 0.1) is 0 Å². The third-order valence-corrected chi connectivity index (χ3v) is 3.25. The fourth-order valence-electron chi connectivity index (χ4n) is 1.81. The highest BCUT2D eigenvalue weighted by Crippen LogP contribution is 2.24. The zero-order chi connectivity index (χ0) is 12.1. The molecule has 0 radical (unpaired) electrons. The maximum atomic E-state index is 6.08. The molecule has 0 fully saturated rings. The molecule has 0 saturated carbocycles. The van der Waals surface area contributed by atoms with Crippen LogP contribution in [-0.4, -0.2) is 23.1 Å². The molecule has 1 atom stereocenters. The molecule has 0 aliphatic rings. The van der Waals surface area contributed by atoms with Crippen molar-refractivity contribution in [2.45, 2.75) is 46.1 Å². The molecule has 0 aliphatic heterocycles. The van der Waals surface area contributed by atoms with Gasteiger partial charge < -0.3 is 4.90 Å². The smallest absolute Gasteiger partial charge is 0.137 e. The van der Waals surface area contributed by atoms with Crippen LogP contribution in [0.5, 0.6) is 0 Å². The topological polar surface area (TPSA) is 29.0 Å². The summed E-state index contributed by atoms with van der Waals surface area (Å²) in [5, 5.41) is 0.572. The minimum atomic E-state index is 0.473. The van der Waals surface area contributed by atoms with Crippen LogP contribution in [0.25, 0.3) is 0 Å². The van der Waals surface area contributed by atoms with Crippen LogP contribution in [0.1, 0.15) is 39.2 Å². The van der Waals surface area contributed by atoms with Crippen LogP contribution in [0.3, 0.4) is 0 Å². The second kappa shape index (κ2) is 6.04. The van der Waals surface area contributed by atoms with Crippen LogP contribution in [0.15, 0.2) is 6.33 Å². The van der Waals surface area contributed by atoms with Crippen molar-refractivity contribution >= 4 is 17.4 Å². The fourth-order valence-corrected chi connectivity index (χ4v) is 2.07. The molecule has 1 aromatic rings. The minimum absolute atomic E-state index is 0.473. The molecule has 1 rings (SSSR count). The van der Waals surface area contributed by atoms with E-state index >= 15 is 0 Å². The number of rotatable bonds is 5. The standard InChI is InChI=1S/C12H20ClN3/c1-5-7-9(3)16(4)12-10(6-2)11(13)14-8-15-12/h8-9H,5-7H2,1-4H3. The number of hydrogen-bond donors (Lipinski definition) is 0. The first kappa shape index (κ1) is 13.2. The van der Waals surface area contributed by atoms with Gasteiger partial charge in [-0.2, -0.15) is 0 Å². The Balaban J connectivity index is 2.98. The molecule has 90 valence electrons. The van der Waals surface area contributed by atoms with Gasteiger partial charge >= 0.3 is 0 Å². The Morgan fingerprint density at radius 2 is 2.06 bits per heavy atom. The Morgan fingerprint density at radius 3 is 2.62 bits per heavy atom. The lowest BCUT2D eigenvalue weighted by atomic mass is 10.1. The number of anilines is 1. The average Bonchev–Trinajstić information content (AvgIpc) is 2.28. The number of aromatic nitrogens is 2. The average molecular weight is 242 g/mol. The maximum Gasteiger partial charge on any atom is 0.137 e. The Labute approximate surface area is 103 Å². The molecule has 3 nitrogen and oxygen atoms in total. The summed E-state index contributed by atoms with van der Waals surface area (Å²) in [5.41, 5.74) is 1.04. The van der Waals surface area contributed by atoms with E-state index in [-0.39, 0.29) is 0 Å². The number of halogens is 1. The van der Waals surface area contributed by atoms with Gasteiger partial charge in [0.05, 0.1) is 0 Å². The third-order valence-electron chi connectivity index (χ3n) is 2.93. The Morgan fingerprint density at radius 1 is 1.38 bits per heavy atom. The van der Waals surface area contributed by atoms with Crippen LogP contribution < -0.4 is 4.90 Å². The van der Waals surface area contributed by atoms with Crippen molar-refractivity contribution in [2.24, 2.45) is 0 Å². The summed E-state index contributed by atoms with van der Waals surface area (Å²) >= 11 is 6.08. The van der Waals surface area contributed by atoms with Crippen LogP contribution >= 0.6 is 11.6 Å². The molecule has 1 heterocycles. The molecule has 4 heteroatoms. The molecule has 1 aromatic heterocycles. The minimum Gasteiger partial charge on any atom is -0.357 e. The van der Waals surface area contributed by atoms with Gasteiger partial charge in [-0.3, -0.25) is 0 Å². The van der Waals surface area contributed by atoms with E-state index in [1.165, 1.54) is 12.7 Å². The van der Waals surface area contributed by atoms with E-state index in [4.69, 9.17) is 11.6 Å². The van der Waals surface area contributed by atoms with E-state index in [1.807, 2.05) is 0 Å². The van der Waals surface area contributed by atoms with Crippen molar-refractivity contribution in [3.63, 3.8) is 0 Å². The van der Waals surface area contributed by atoms with Crippen molar-refractivity contribution in [3.05, 3.63) is 17.0 Å². The van der Waals surface area contributed by atoms with Gasteiger partial charge in [-0.1, -0.05) is 31.9 Å². The van der Waals surface area contributed by atoms with Crippen LogP contribution in [0.2, 0.25) is 5.15 Å². The Kier molecular flexibility index (Phi) is 5.00. The van der Waals surface area contributed by atoms with Gasteiger partial charge in [-0.15, -0.1) is 0 Å². The Hall–Kier alpha value is -0.830. The van der Waals surface area contributed by atoms with E-state index < -0.39 is 0 Å². The molecule has 16 heavy (non-hydrogen) atoms. The maximum absolute atomic E-state index is 6.08. The predicted molar refractivity (Wildman–Crippen MR) is 69.2 cm³/mol. The van der Waals surface area contributed by atoms with Gasteiger partial charge in [0.15, 0.2) is 0 Å². The molecule has 0 amide bonds. The molecule has 1 unspecified atom stereocenters. The summed E-state index contributed by atoms with van der Waals surface area (Å²) in [4.78, 5) is 10.6. The SMILES string of the molecule is CCCC(C)N(C)c1ncnc(Cl)c1CC. The van der Waals surface area contributed by atoms with Crippen molar-refractivity contribution in [3.8, 4) is 0 Å². The first-order chi connectivity index (χ1) is 7.61. The quantitative estimate of drug-likeness (QED) is 0.741. The fraction of sp³-hybridized carbons (Fsp3) is 0.667. The first-order valence-corrected chi connectivity index (χ1v) is 6.21. The molecule has 0 bridgehead atoms. The van der Waals surface area contributed by atoms with E-state index in [2.05, 4.69) is 42.7 Å². The van der Waals surface area contributed by atoms with Crippen LogP contribution in [0.4, 0.5) is 5.82 Å². The lowest BCUT2D eigenvalue weighted by Gasteiger charge is -2.27. The van der Waals surface area contributed by atoms with Crippen molar-refractivity contribution < 1.29 is 0 Å². The molecule has 0 spiro atoms. The van der Waals surface area contributed by atoms with Crippen molar-refractivity contribution in [1.82, 2.24) is 9.97 Å². The summed E-state index contributed by atoms with van der Waals surface area (Å²) in [7, 11) is 2.07. The summed E-state index contributed by atoms with van der Waals surface area (Å²) < 4.78 is 0. The van der Waals surface area contributed by atoms with Crippen molar-refractivity contribution in [2.75, 3.05) is 11.9 Å². The predicted octanol–water partition coefficient (Wildman–Crippen LogP) is 3.32. The first-order valence-electron chi connectivity index (χ1n) is 5.83. The molecular formula is C12H20ClN3. The highest BCUT2D eigenvalue weighted by molar-refractivity contribution is 6.30. The normalized spacial score (nSPS) is 12.6. The summed E-state index contributed by atoms with van der Waals surface area (Å²) in [6.45, 7) is 6.48. The summed E-state index contributed by atoms with van der Waals surface area (Å²) in [5.74, 6) is 0.962. The van der Waals surface area contributed by atoms with E-state index in [1.54, 1.807) is 0 Å². The second-order valence-electron chi connectivity index (χ2n) is 4.07. The van der Waals surface area contributed by atoms with Crippen molar-refractivity contribution in [1.29, 1.82) is 0 Å². The largest absolute Gasteiger partial charge is 0.357 e. The molecule has 0 aliphatic carbocycles. The van der Waals surface area contributed by atoms with Gasteiger partial charge in [0.1, 0.15) is 17.3 Å². The van der Waals surface area contributed by atoms with Gasteiger partial charge in [0.25, 0.3) is 0 Å². The van der Waals surface area contributed by atoms with Gasteiger partial charge in [-0.25, -0.2) is 9.97 Å². The van der Waals surface area contributed by atoms with Gasteiger partial charge in [-0.05, 0) is 19.8 Å². The second-order valence-corrected chi connectivity index (χ2v) is 4.43. The molecular weight excluding hydrogens is 222 g/mol. The molecule has 0 saturated heterocycles. The highest BCUT2D eigenvalue weighted by Gasteiger charge is 2.16. The zero-order valence-corrected chi connectivity index (χ0v) is 11.3. The molecule has 0 aromatic carbocycles. The Bertz CT molecular complexity index is 341. The summed E-state index contributed by atoms with van der Waals surface area (Å²) in [6, 6.07) is 0.473. The highest BCUT2D eigenvalue weighted by atomic mass is 35.5. The molecule has 0 N–H and O–H groups in total. The summed E-state index contributed by atoms with van der Waals surface area (Å²) in [6.07, 6.45) is 4.72. The van der Waals surface area contributed by atoms with E-state index in [9.17, 15) is 0 Å². The number of hydrogen-bond acceptors (Lipinski definition) is 3. The zero-order valence-electron chi connectivity index (χ0n) is 10.5.